The standard InChI is InChI=1S/C17H29BrN2O2Si/c1-16(2,3)15(21)20-13-9-12(10-19-14(13)18)11-22-23(7,8)17(4,5)6/h9-10H,11H2,1-8H3,(H,20,21). The number of nitrogens with zero attached hydrogens (tertiary/aromatic N) is 1. The topological polar surface area (TPSA) is 51.2 Å². The van der Waals surface area contributed by atoms with Gasteiger partial charge in [0, 0.05) is 11.6 Å². The average molecular weight is 401 g/mol. The quantitative estimate of drug-likeness (QED) is 0.547. The minimum atomic E-state index is -1.81. The van der Waals surface area contributed by atoms with E-state index < -0.39 is 13.7 Å². The number of pyridine rings is 1. The van der Waals surface area contributed by atoms with E-state index in [0.29, 0.717) is 16.9 Å². The second kappa shape index (κ2) is 7.03. The van der Waals surface area contributed by atoms with Crippen LogP contribution in [0.2, 0.25) is 18.1 Å². The first-order valence-corrected chi connectivity index (χ1v) is 11.5. The van der Waals surface area contributed by atoms with Crippen LogP contribution in [0, 0.1) is 5.41 Å². The largest absolute Gasteiger partial charge is 0.413 e. The maximum atomic E-state index is 12.2. The molecule has 1 N–H and O–H groups in total. The van der Waals surface area contributed by atoms with E-state index in [9.17, 15) is 4.79 Å². The summed E-state index contributed by atoms with van der Waals surface area (Å²) in [4.78, 5) is 16.5. The summed E-state index contributed by atoms with van der Waals surface area (Å²) in [6.07, 6.45) is 1.78. The smallest absolute Gasteiger partial charge is 0.229 e. The molecule has 1 rings (SSSR count). The Hall–Kier alpha value is -0.723. The van der Waals surface area contributed by atoms with E-state index in [2.05, 4.69) is 60.1 Å². The van der Waals surface area contributed by atoms with Gasteiger partial charge < -0.3 is 9.74 Å². The summed E-state index contributed by atoms with van der Waals surface area (Å²) in [6.45, 7) is 17.3. The SMILES string of the molecule is CC(C)(C)C(=O)Nc1cc(CO[Si](C)(C)C(C)(C)C)cnc1Br. The number of nitrogens with one attached hydrogen (secondary N) is 1. The number of hydrogen-bond donors (Lipinski definition) is 1. The molecule has 1 amide bonds. The molecule has 0 aliphatic carbocycles. The minimum Gasteiger partial charge on any atom is -0.413 e. The fraction of sp³-hybridized carbons (Fsp3) is 0.647. The highest BCUT2D eigenvalue weighted by Gasteiger charge is 2.37. The van der Waals surface area contributed by atoms with Gasteiger partial charge in [0.2, 0.25) is 5.91 Å². The van der Waals surface area contributed by atoms with Crippen molar-refractivity contribution in [3.63, 3.8) is 0 Å². The number of halogens is 1. The Bertz CT molecular complexity index is 575. The van der Waals surface area contributed by atoms with Crippen molar-refractivity contribution in [1.29, 1.82) is 0 Å². The van der Waals surface area contributed by atoms with Crippen molar-refractivity contribution in [3.8, 4) is 0 Å². The zero-order valence-corrected chi connectivity index (χ0v) is 18.1. The fourth-order valence-corrected chi connectivity index (χ4v) is 2.72. The molecule has 0 aromatic carbocycles. The van der Waals surface area contributed by atoms with Crippen LogP contribution in [0.15, 0.2) is 16.9 Å². The molecule has 0 spiro atoms. The van der Waals surface area contributed by atoms with Gasteiger partial charge in [-0.05, 0) is 45.7 Å². The molecule has 0 bridgehead atoms. The summed E-state index contributed by atoms with van der Waals surface area (Å²) in [7, 11) is -1.81. The zero-order valence-electron chi connectivity index (χ0n) is 15.5. The molecule has 0 fully saturated rings. The molecule has 0 unspecified atom stereocenters. The fourth-order valence-electron chi connectivity index (χ4n) is 1.45. The van der Waals surface area contributed by atoms with E-state index in [1.54, 1.807) is 6.20 Å². The molecule has 130 valence electrons. The molecule has 1 aromatic rings. The third kappa shape index (κ3) is 5.69. The molecule has 0 atom stereocenters. The highest BCUT2D eigenvalue weighted by Crippen LogP contribution is 2.37. The van der Waals surface area contributed by atoms with Crippen molar-refractivity contribution in [3.05, 3.63) is 22.4 Å². The summed E-state index contributed by atoms with van der Waals surface area (Å²) in [6, 6.07) is 1.92. The average Bonchev–Trinajstić information content (AvgIpc) is 2.37. The van der Waals surface area contributed by atoms with E-state index in [1.807, 2.05) is 26.8 Å². The van der Waals surface area contributed by atoms with Crippen molar-refractivity contribution in [2.45, 2.75) is 66.3 Å². The number of amides is 1. The molecule has 0 aliphatic heterocycles. The van der Waals surface area contributed by atoms with E-state index >= 15 is 0 Å². The first-order valence-electron chi connectivity index (χ1n) is 7.84. The van der Waals surface area contributed by atoms with Crippen LogP contribution in [0.4, 0.5) is 5.69 Å². The van der Waals surface area contributed by atoms with Crippen LogP contribution in [0.1, 0.15) is 47.1 Å². The van der Waals surface area contributed by atoms with Gasteiger partial charge in [0.15, 0.2) is 8.32 Å². The summed E-state index contributed by atoms with van der Waals surface area (Å²) in [5.74, 6) is -0.0394. The number of anilines is 1. The van der Waals surface area contributed by atoms with Gasteiger partial charge in [-0.3, -0.25) is 4.79 Å². The Morgan fingerprint density at radius 1 is 1.26 bits per heavy atom. The van der Waals surface area contributed by atoms with E-state index in [4.69, 9.17) is 4.43 Å². The molecule has 23 heavy (non-hydrogen) atoms. The van der Waals surface area contributed by atoms with Gasteiger partial charge in [-0.15, -0.1) is 0 Å². The van der Waals surface area contributed by atoms with Crippen LogP contribution >= 0.6 is 15.9 Å². The monoisotopic (exact) mass is 400 g/mol. The van der Waals surface area contributed by atoms with Crippen LogP contribution in [-0.2, 0) is 15.8 Å². The molecule has 0 aliphatic rings. The first kappa shape index (κ1) is 20.3. The summed E-state index contributed by atoms with van der Waals surface area (Å²) >= 11 is 3.39. The molecule has 6 heteroatoms. The molecular weight excluding hydrogens is 372 g/mol. The Morgan fingerprint density at radius 3 is 2.30 bits per heavy atom. The van der Waals surface area contributed by atoms with Crippen LogP contribution in [-0.4, -0.2) is 19.2 Å². The van der Waals surface area contributed by atoms with Crippen LogP contribution in [0.25, 0.3) is 0 Å². The third-order valence-electron chi connectivity index (χ3n) is 4.23. The highest BCUT2D eigenvalue weighted by molar-refractivity contribution is 9.10. The first-order chi connectivity index (χ1) is 10.2. The summed E-state index contributed by atoms with van der Waals surface area (Å²) in [5, 5.41) is 3.09. The lowest BCUT2D eigenvalue weighted by atomic mass is 9.95. The molecule has 0 saturated heterocycles. The van der Waals surface area contributed by atoms with Crippen molar-refractivity contribution >= 4 is 35.8 Å². The van der Waals surface area contributed by atoms with E-state index in [0.717, 1.165) is 5.56 Å². The van der Waals surface area contributed by atoms with Gasteiger partial charge >= 0.3 is 0 Å². The maximum Gasteiger partial charge on any atom is 0.229 e. The minimum absolute atomic E-state index is 0.0394. The molecule has 0 radical (unpaired) electrons. The van der Waals surface area contributed by atoms with Crippen molar-refractivity contribution in [1.82, 2.24) is 4.98 Å². The predicted molar refractivity (Wildman–Crippen MR) is 102 cm³/mol. The molecule has 0 saturated carbocycles. The second-order valence-corrected chi connectivity index (χ2v) is 14.0. The zero-order chi connectivity index (χ0) is 18.1. The maximum absolute atomic E-state index is 12.2. The van der Waals surface area contributed by atoms with Gasteiger partial charge in [-0.2, -0.15) is 0 Å². The third-order valence-corrected chi connectivity index (χ3v) is 9.34. The number of carbonyl (C=O) groups excluding carboxylic acids is 1. The lowest BCUT2D eigenvalue weighted by Crippen LogP contribution is -2.40. The van der Waals surface area contributed by atoms with Gasteiger partial charge in [0.25, 0.3) is 0 Å². The number of carbonyl (C=O) groups is 1. The molecule has 1 aromatic heterocycles. The van der Waals surface area contributed by atoms with Crippen molar-refractivity contribution < 1.29 is 9.22 Å². The molecular formula is C17H29BrN2O2Si. The van der Waals surface area contributed by atoms with Gasteiger partial charge in [-0.25, -0.2) is 4.98 Å². The lowest BCUT2D eigenvalue weighted by Gasteiger charge is -2.36. The molecule has 1 heterocycles. The number of hydrogen-bond acceptors (Lipinski definition) is 3. The van der Waals surface area contributed by atoms with Crippen LogP contribution in [0.5, 0.6) is 0 Å². The molecule has 4 nitrogen and oxygen atoms in total. The Balaban J connectivity index is 2.88. The van der Waals surface area contributed by atoms with E-state index in [1.165, 1.54) is 0 Å². The summed E-state index contributed by atoms with van der Waals surface area (Å²) < 4.78 is 6.85. The van der Waals surface area contributed by atoms with Crippen molar-refractivity contribution in [2.24, 2.45) is 5.41 Å². The number of aromatic nitrogens is 1. The number of rotatable bonds is 4. The van der Waals surface area contributed by atoms with Crippen LogP contribution in [0.3, 0.4) is 0 Å². The normalized spacial score (nSPS) is 13.1. The Labute approximate surface area is 149 Å². The predicted octanol–water partition coefficient (Wildman–Crippen LogP) is 5.35. The van der Waals surface area contributed by atoms with Gasteiger partial charge in [0.1, 0.15) is 4.60 Å². The second-order valence-electron chi connectivity index (χ2n) is 8.44. The van der Waals surface area contributed by atoms with E-state index in [-0.39, 0.29) is 10.9 Å². The highest BCUT2D eigenvalue weighted by atomic mass is 79.9. The summed E-state index contributed by atoms with van der Waals surface area (Å²) in [5.41, 5.74) is 1.19. The lowest BCUT2D eigenvalue weighted by molar-refractivity contribution is -0.123. The van der Waals surface area contributed by atoms with Crippen LogP contribution < -0.4 is 5.32 Å². The van der Waals surface area contributed by atoms with Gasteiger partial charge in [0.05, 0.1) is 12.3 Å². The van der Waals surface area contributed by atoms with Crippen molar-refractivity contribution in [2.75, 3.05) is 5.32 Å². The Morgan fingerprint density at radius 2 is 1.83 bits per heavy atom. The Kier molecular flexibility index (Phi) is 6.21. The van der Waals surface area contributed by atoms with Gasteiger partial charge in [-0.1, -0.05) is 41.5 Å².